The third kappa shape index (κ3) is 3.71. The Morgan fingerprint density at radius 1 is 1.25 bits per heavy atom. The molecule has 1 atom stereocenters. The Morgan fingerprint density at radius 2 is 1.95 bits per heavy atom. The molecule has 2 aromatic rings. The van der Waals surface area contributed by atoms with Gasteiger partial charge in [-0.2, -0.15) is 0 Å². The van der Waals surface area contributed by atoms with Crippen LogP contribution in [0.25, 0.3) is 0 Å². The van der Waals surface area contributed by atoms with Gasteiger partial charge in [0.25, 0.3) is 5.91 Å². The predicted molar refractivity (Wildman–Crippen MR) is 80.7 cm³/mol. The number of furan rings is 1. The van der Waals surface area contributed by atoms with Gasteiger partial charge in [-0.15, -0.1) is 0 Å². The van der Waals surface area contributed by atoms with Gasteiger partial charge in [-0.1, -0.05) is 30.3 Å². The van der Waals surface area contributed by atoms with Crippen LogP contribution in [-0.4, -0.2) is 26.5 Å². The zero-order chi connectivity index (χ0) is 14.5. The summed E-state index contributed by atoms with van der Waals surface area (Å²) in [5.41, 5.74) is 1.20. The molecule has 0 aliphatic heterocycles. The van der Waals surface area contributed by atoms with Crippen molar-refractivity contribution < 1.29 is 14.1 Å². The average Bonchev–Trinajstić information content (AvgIpc) is 2.86. The van der Waals surface area contributed by atoms with Gasteiger partial charge in [0.05, 0.1) is 20.6 Å². The van der Waals surface area contributed by atoms with E-state index in [1.165, 1.54) is 10.5 Å². The molecule has 106 valence electrons. The van der Waals surface area contributed by atoms with Crippen LogP contribution in [0.2, 0.25) is 0 Å². The van der Waals surface area contributed by atoms with Crippen LogP contribution in [0.3, 0.4) is 0 Å². The van der Waals surface area contributed by atoms with Crippen LogP contribution < -0.4 is 10.2 Å². The summed E-state index contributed by atoms with van der Waals surface area (Å²) in [5.74, 6) is 0.121. The van der Waals surface area contributed by atoms with Gasteiger partial charge in [-0.3, -0.25) is 4.79 Å². The van der Waals surface area contributed by atoms with Gasteiger partial charge in [0.2, 0.25) is 0 Å². The van der Waals surface area contributed by atoms with Crippen molar-refractivity contribution in [3.8, 4) is 0 Å². The highest BCUT2D eigenvalue weighted by molar-refractivity contribution is 9.10. The number of nitrogens with one attached hydrogen (secondary N) is 2. The molecule has 20 heavy (non-hydrogen) atoms. The third-order valence-electron chi connectivity index (χ3n) is 3.16. The van der Waals surface area contributed by atoms with Crippen LogP contribution in [0.4, 0.5) is 0 Å². The van der Waals surface area contributed by atoms with Crippen LogP contribution in [-0.2, 0) is 0 Å². The monoisotopic (exact) mass is 337 g/mol. The summed E-state index contributed by atoms with van der Waals surface area (Å²) in [6.45, 7) is 0.559. The van der Waals surface area contributed by atoms with Gasteiger partial charge >= 0.3 is 0 Å². The number of quaternary nitrogens is 1. The Morgan fingerprint density at radius 3 is 2.50 bits per heavy atom. The minimum Gasteiger partial charge on any atom is -0.444 e. The number of carbonyl (C=O) groups is 1. The molecule has 0 unspecified atom stereocenters. The molecular formula is C15H18BrN2O2+. The molecule has 4 nitrogen and oxygen atoms in total. The lowest BCUT2D eigenvalue weighted by Crippen LogP contribution is -3.07. The first-order valence-corrected chi connectivity index (χ1v) is 7.25. The molecule has 5 heteroatoms. The van der Waals surface area contributed by atoms with Crippen LogP contribution in [0.5, 0.6) is 0 Å². The Labute approximate surface area is 126 Å². The summed E-state index contributed by atoms with van der Waals surface area (Å²) >= 11 is 3.19. The second kappa shape index (κ2) is 6.72. The van der Waals surface area contributed by atoms with Crippen molar-refractivity contribution in [1.82, 2.24) is 5.32 Å². The van der Waals surface area contributed by atoms with E-state index in [9.17, 15) is 4.79 Å². The van der Waals surface area contributed by atoms with Crippen molar-refractivity contribution in [1.29, 1.82) is 0 Å². The smallest absolute Gasteiger partial charge is 0.287 e. The van der Waals surface area contributed by atoms with Crippen molar-refractivity contribution in [2.75, 3.05) is 20.6 Å². The highest BCUT2D eigenvalue weighted by Crippen LogP contribution is 2.14. The van der Waals surface area contributed by atoms with Crippen molar-refractivity contribution in [3.05, 3.63) is 58.5 Å². The number of hydrogen-bond donors (Lipinski definition) is 2. The van der Waals surface area contributed by atoms with E-state index in [1.54, 1.807) is 12.1 Å². The molecule has 0 spiro atoms. The fraction of sp³-hybridized carbons (Fsp3) is 0.267. The van der Waals surface area contributed by atoms with E-state index in [0.717, 1.165) is 0 Å². The predicted octanol–water partition coefficient (Wildman–Crippen LogP) is 1.66. The van der Waals surface area contributed by atoms with Crippen LogP contribution in [0.1, 0.15) is 22.2 Å². The van der Waals surface area contributed by atoms with E-state index in [4.69, 9.17) is 4.42 Å². The fourth-order valence-corrected chi connectivity index (χ4v) is 2.37. The Hall–Kier alpha value is -1.59. The largest absolute Gasteiger partial charge is 0.444 e. The molecule has 1 aromatic heterocycles. The quantitative estimate of drug-likeness (QED) is 0.871. The Bertz CT molecular complexity index is 566. The fourth-order valence-electron chi connectivity index (χ4n) is 2.06. The summed E-state index contributed by atoms with van der Waals surface area (Å²) in [7, 11) is 4.15. The summed E-state index contributed by atoms with van der Waals surface area (Å²) < 4.78 is 5.80. The maximum atomic E-state index is 12.0. The topological polar surface area (TPSA) is 46.7 Å². The molecule has 0 bridgehead atoms. The molecule has 1 heterocycles. The lowest BCUT2D eigenvalue weighted by molar-refractivity contribution is -0.890. The zero-order valence-electron chi connectivity index (χ0n) is 11.5. The van der Waals surface area contributed by atoms with Gasteiger partial charge in [0.15, 0.2) is 10.4 Å². The van der Waals surface area contributed by atoms with Crippen molar-refractivity contribution in [3.63, 3.8) is 0 Å². The number of benzene rings is 1. The summed E-state index contributed by atoms with van der Waals surface area (Å²) in [5, 5.41) is 2.92. The molecule has 0 saturated heterocycles. The van der Waals surface area contributed by atoms with Crippen molar-refractivity contribution in [2.45, 2.75) is 6.04 Å². The number of hydrogen-bond acceptors (Lipinski definition) is 2. The number of halogens is 1. The molecular weight excluding hydrogens is 320 g/mol. The molecule has 2 rings (SSSR count). The number of amides is 1. The summed E-state index contributed by atoms with van der Waals surface area (Å²) in [4.78, 5) is 13.2. The van der Waals surface area contributed by atoms with Crippen molar-refractivity contribution in [2.24, 2.45) is 0 Å². The average molecular weight is 338 g/mol. The normalized spacial score (nSPS) is 12.4. The highest BCUT2D eigenvalue weighted by Gasteiger charge is 2.19. The van der Waals surface area contributed by atoms with Crippen LogP contribution in [0, 0.1) is 0 Å². The first-order valence-electron chi connectivity index (χ1n) is 6.46. The molecule has 1 aromatic carbocycles. The van der Waals surface area contributed by atoms with Crippen molar-refractivity contribution >= 4 is 21.8 Å². The highest BCUT2D eigenvalue weighted by atomic mass is 79.9. The lowest BCUT2D eigenvalue weighted by atomic mass is 10.1. The second-order valence-corrected chi connectivity index (χ2v) is 5.64. The molecule has 1 amide bonds. The molecule has 0 fully saturated rings. The van der Waals surface area contributed by atoms with Crippen LogP contribution >= 0.6 is 15.9 Å². The Balaban J connectivity index is 2.01. The maximum absolute atomic E-state index is 12.0. The van der Waals surface area contributed by atoms with E-state index in [-0.39, 0.29) is 11.9 Å². The summed E-state index contributed by atoms with van der Waals surface area (Å²) in [6, 6.07) is 13.7. The van der Waals surface area contributed by atoms with E-state index in [2.05, 4.69) is 47.5 Å². The number of rotatable bonds is 5. The molecule has 0 saturated carbocycles. The zero-order valence-corrected chi connectivity index (χ0v) is 13.1. The van der Waals surface area contributed by atoms with Gasteiger partial charge in [-0.25, -0.2) is 0 Å². The van der Waals surface area contributed by atoms with Crippen LogP contribution in [0.15, 0.2) is 51.6 Å². The first-order chi connectivity index (χ1) is 9.58. The molecule has 0 aliphatic carbocycles. The Kier molecular flexibility index (Phi) is 4.98. The molecule has 0 radical (unpaired) electrons. The van der Waals surface area contributed by atoms with E-state index in [0.29, 0.717) is 17.0 Å². The minimum atomic E-state index is -0.196. The second-order valence-electron chi connectivity index (χ2n) is 4.85. The van der Waals surface area contributed by atoms with E-state index < -0.39 is 0 Å². The lowest BCUT2D eigenvalue weighted by Gasteiger charge is -2.21. The minimum absolute atomic E-state index is 0.196. The first kappa shape index (κ1) is 14.8. The molecule has 0 aliphatic rings. The third-order valence-corrected chi connectivity index (χ3v) is 3.59. The van der Waals surface area contributed by atoms with E-state index >= 15 is 0 Å². The SMILES string of the molecule is C[NH+](C)[C@H](CNC(=O)c1ccc(Br)o1)c1ccccc1. The van der Waals surface area contributed by atoms with Gasteiger partial charge < -0.3 is 14.6 Å². The number of likely N-dealkylation sites (N-methyl/N-ethyl adjacent to an activating group) is 1. The van der Waals surface area contributed by atoms with Gasteiger partial charge in [0.1, 0.15) is 6.04 Å². The number of carbonyl (C=O) groups excluding carboxylic acids is 1. The van der Waals surface area contributed by atoms with Gasteiger partial charge in [-0.05, 0) is 28.1 Å². The maximum Gasteiger partial charge on any atom is 0.287 e. The molecule has 2 N–H and O–H groups in total. The van der Waals surface area contributed by atoms with E-state index in [1.807, 2.05) is 18.2 Å². The summed E-state index contributed by atoms with van der Waals surface area (Å²) in [6.07, 6.45) is 0. The van der Waals surface area contributed by atoms with Gasteiger partial charge in [0, 0.05) is 5.56 Å². The standard InChI is InChI=1S/C15H17BrN2O2/c1-18(2)12(11-6-4-3-5-7-11)10-17-15(19)13-8-9-14(16)20-13/h3-9,12H,10H2,1-2H3,(H,17,19)/p+1/t12-/m1/s1.